The van der Waals surface area contributed by atoms with E-state index in [2.05, 4.69) is 10.6 Å². The third-order valence-electron chi connectivity index (χ3n) is 2.84. The zero-order valence-electron chi connectivity index (χ0n) is 9.07. The minimum absolute atomic E-state index is 0.0761. The maximum absolute atomic E-state index is 11.9. The highest BCUT2D eigenvalue weighted by atomic mass is 16.3. The second-order valence-electron chi connectivity index (χ2n) is 4.06. The number of benzene rings is 1. The quantitative estimate of drug-likeness (QED) is 0.659. The van der Waals surface area contributed by atoms with E-state index in [4.69, 9.17) is 5.11 Å². The highest BCUT2D eigenvalue weighted by molar-refractivity contribution is 5.92. The number of amides is 1. The van der Waals surface area contributed by atoms with Crippen molar-refractivity contribution in [2.75, 3.05) is 18.4 Å². The van der Waals surface area contributed by atoms with Gasteiger partial charge in [0.05, 0.1) is 0 Å². The second-order valence-corrected chi connectivity index (χ2v) is 4.06. The zero-order valence-corrected chi connectivity index (χ0v) is 9.07. The molecule has 0 spiro atoms. The lowest BCUT2D eigenvalue weighted by Gasteiger charge is -2.21. The molecule has 0 aliphatic carbocycles. The van der Waals surface area contributed by atoms with Crippen LogP contribution in [0, 0.1) is 5.92 Å². The Morgan fingerprint density at radius 3 is 2.50 bits per heavy atom. The van der Waals surface area contributed by atoms with Crippen molar-refractivity contribution in [1.29, 1.82) is 0 Å². The first-order chi connectivity index (χ1) is 7.75. The summed E-state index contributed by atoms with van der Waals surface area (Å²) in [4.78, 5) is 11.9. The summed E-state index contributed by atoms with van der Waals surface area (Å²) in [5.74, 6) is 0.391. The van der Waals surface area contributed by atoms with Crippen molar-refractivity contribution >= 4 is 11.6 Å². The van der Waals surface area contributed by atoms with E-state index in [1.54, 1.807) is 24.3 Å². The fourth-order valence-corrected chi connectivity index (χ4v) is 1.87. The number of carbonyl (C=O) groups is 1. The van der Waals surface area contributed by atoms with Crippen molar-refractivity contribution in [3.05, 3.63) is 24.3 Å². The lowest BCUT2D eigenvalue weighted by atomic mass is 9.97. The molecular weight excluding hydrogens is 204 g/mol. The van der Waals surface area contributed by atoms with Crippen LogP contribution in [0.1, 0.15) is 12.8 Å². The van der Waals surface area contributed by atoms with Gasteiger partial charge < -0.3 is 15.7 Å². The summed E-state index contributed by atoms with van der Waals surface area (Å²) in [7, 11) is 0. The van der Waals surface area contributed by atoms with Crippen LogP contribution in [0.5, 0.6) is 5.75 Å². The summed E-state index contributed by atoms with van der Waals surface area (Å²) >= 11 is 0. The van der Waals surface area contributed by atoms with Gasteiger partial charge in [0.25, 0.3) is 0 Å². The largest absolute Gasteiger partial charge is 0.508 e. The molecular formula is C12H16N2O2. The summed E-state index contributed by atoms with van der Waals surface area (Å²) in [6.07, 6.45) is 1.79. The fourth-order valence-electron chi connectivity index (χ4n) is 1.87. The predicted molar refractivity (Wildman–Crippen MR) is 62.3 cm³/mol. The molecule has 4 nitrogen and oxygen atoms in total. The lowest BCUT2D eigenvalue weighted by molar-refractivity contribution is -0.120. The number of phenols is 1. The van der Waals surface area contributed by atoms with Crippen LogP contribution >= 0.6 is 0 Å². The maximum Gasteiger partial charge on any atom is 0.227 e. The molecule has 4 heteroatoms. The summed E-state index contributed by atoms with van der Waals surface area (Å²) in [5.41, 5.74) is 0.737. The van der Waals surface area contributed by atoms with Gasteiger partial charge in [0.2, 0.25) is 5.91 Å². The Morgan fingerprint density at radius 1 is 1.25 bits per heavy atom. The lowest BCUT2D eigenvalue weighted by Crippen LogP contribution is -2.34. The Kier molecular flexibility index (Phi) is 3.41. The van der Waals surface area contributed by atoms with Gasteiger partial charge in [-0.1, -0.05) is 0 Å². The molecule has 1 saturated heterocycles. The van der Waals surface area contributed by atoms with Gasteiger partial charge in [-0.15, -0.1) is 0 Å². The van der Waals surface area contributed by atoms with E-state index in [1.165, 1.54) is 0 Å². The first-order valence-corrected chi connectivity index (χ1v) is 5.56. The number of carbonyl (C=O) groups excluding carboxylic acids is 1. The van der Waals surface area contributed by atoms with Crippen molar-refractivity contribution < 1.29 is 9.90 Å². The van der Waals surface area contributed by atoms with Gasteiger partial charge in [0.15, 0.2) is 0 Å². The Balaban J connectivity index is 1.93. The average Bonchev–Trinajstić information content (AvgIpc) is 2.33. The number of hydrogen-bond donors (Lipinski definition) is 3. The van der Waals surface area contributed by atoms with Gasteiger partial charge in [-0.25, -0.2) is 0 Å². The fraction of sp³-hybridized carbons (Fsp3) is 0.417. The topological polar surface area (TPSA) is 61.4 Å². The highest BCUT2D eigenvalue weighted by Gasteiger charge is 2.20. The van der Waals surface area contributed by atoms with Crippen LogP contribution in [-0.2, 0) is 4.79 Å². The van der Waals surface area contributed by atoms with Crippen LogP contribution in [0.4, 0.5) is 5.69 Å². The number of phenolic OH excluding ortho intramolecular Hbond substituents is 1. The Bertz CT molecular complexity index is 356. The summed E-state index contributed by atoms with van der Waals surface area (Å²) < 4.78 is 0. The van der Waals surface area contributed by atoms with Gasteiger partial charge in [-0.05, 0) is 50.2 Å². The second kappa shape index (κ2) is 4.99. The standard InChI is InChI=1S/C12H16N2O2/c15-11-3-1-10(2-4-11)14-12(16)9-5-7-13-8-6-9/h1-4,9,13,15H,5-8H2,(H,14,16). The highest BCUT2D eigenvalue weighted by Crippen LogP contribution is 2.17. The average molecular weight is 220 g/mol. The number of hydrogen-bond acceptors (Lipinski definition) is 3. The molecule has 0 atom stereocenters. The summed E-state index contributed by atoms with van der Waals surface area (Å²) in [5, 5.41) is 15.2. The molecule has 0 saturated carbocycles. The molecule has 0 aromatic heterocycles. The molecule has 1 amide bonds. The van der Waals surface area contributed by atoms with Gasteiger partial charge >= 0.3 is 0 Å². The monoisotopic (exact) mass is 220 g/mol. The van der Waals surface area contributed by atoms with Gasteiger partial charge in [0.1, 0.15) is 5.75 Å². The third kappa shape index (κ3) is 2.73. The number of aromatic hydroxyl groups is 1. The van der Waals surface area contributed by atoms with Crippen molar-refractivity contribution in [2.45, 2.75) is 12.8 Å². The van der Waals surface area contributed by atoms with E-state index in [-0.39, 0.29) is 17.6 Å². The molecule has 1 aliphatic rings. The molecule has 86 valence electrons. The number of nitrogens with one attached hydrogen (secondary N) is 2. The van der Waals surface area contributed by atoms with E-state index in [0.29, 0.717) is 0 Å². The van der Waals surface area contributed by atoms with E-state index in [1.807, 2.05) is 0 Å². The Hall–Kier alpha value is -1.55. The van der Waals surface area contributed by atoms with Crippen LogP contribution in [-0.4, -0.2) is 24.1 Å². The summed E-state index contributed by atoms with van der Waals surface area (Å²) in [6.45, 7) is 1.82. The SMILES string of the molecule is O=C(Nc1ccc(O)cc1)C1CCNCC1. The van der Waals surface area contributed by atoms with Gasteiger partial charge in [0, 0.05) is 11.6 Å². The molecule has 3 N–H and O–H groups in total. The van der Waals surface area contributed by atoms with Crippen molar-refractivity contribution in [2.24, 2.45) is 5.92 Å². The third-order valence-corrected chi connectivity index (χ3v) is 2.84. The minimum atomic E-state index is 0.0761. The molecule has 1 aliphatic heterocycles. The maximum atomic E-state index is 11.9. The first kappa shape index (κ1) is 11.0. The first-order valence-electron chi connectivity index (χ1n) is 5.56. The molecule has 1 heterocycles. The Labute approximate surface area is 94.7 Å². The molecule has 16 heavy (non-hydrogen) atoms. The molecule has 0 bridgehead atoms. The van der Waals surface area contributed by atoms with E-state index in [0.717, 1.165) is 31.6 Å². The van der Waals surface area contributed by atoms with Crippen LogP contribution in [0.2, 0.25) is 0 Å². The van der Waals surface area contributed by atoms with Crippen LogP contribution < -0.4 is 10.6 Å². The molecule has 1 aromatic carbocycles. The minimum Gasteiger partial charge on any atom is -0.508 e. The molecule has 1 aromatic rings. The normalized spacial score (nSPS) is 17.0. The van der Waals surface area contributed by atoms with E-state index < -0.39 is 0 Å². The number of rotatable bonds is 2. The predicted octanol–water partition coefficient (Wildman–Crippen LogP) is 1.33. The van der Waals surface area contributed by atoms with Crippen LogP contribution in [0.25, 0.3) is 0 Å². The smallest absolute Gasteiger partial charge is 0.227 e. The van der Waals surface area contributed by atoms with Gasteiger partial charge in [-0.3, -0.25) is 4.79 Å². The van der Waals surface area contributed by atoms with E-state index in [9.17, 15) is 4.79 Å². The zero-order chi connectivity index (χ0) is 11.4. The van der Waals surface area contributed by atoms with Crippen LogP contribution in [0.3, 0.4) is 0 Å². The number of piperidine rings is 1. The van der Waals surface area contributed by atoms with Crippen molar-refractivity contribution in [1.82, 2.24) is 5.32 Å². The molecule has 0 unspecified atom stereocenters. The number of anilines is 1. The Morgan fingerprint density at radius 2 is 1.88 bits per heavy atom. The summed E-state index contributed by atoms with van der Waals surface area (Å²) in [6, 6.07) is 6.54. The van der Waals surface area contributed by atoms with E-state index >= 15 is 0 Å². The van der Waals surface area contributed by atoms with Gasteiger partial charge in [-0.2, -0.15) is 0 Å². The van der Waals surface area contributed by atoms with Crippen molar-refractivity contribution in [3.8, 4) is 5.75 Å². The molecule has 2 rings (SSSR count). The molecule has 1 fully saturated rings. The molecule has 0 radical (unpaired) electrons. The van der Waals surface area contributed by atoms with Crippen LogP contribution in [0.15, 0.2) is 24.3 Å². The van der Waals surface area contributed by atoms with Crippen molar-refractivity contribution in [3.63, 3.8) is 0 Å².